The molecule has 0 aliphatic carbocycles. The van der Waals surface area contributed by atoms with Gasteiger partial charge in [-0.25, -0.2) is 4.21 Å². The molecular weight excluding hydrogens is 326 g/mol. The van der Waals surface area contributed by atoms with E-state index in [1.165, 1.54) is 0 Å². The van der Waals surface area contributed by atoms with Crippen LogP contribution in [0.15, 0.2) is 27.1 Å². The van der Waals surface area contributed by atoms with Gasteiger partial charge in [-0.2, -0.15) is 4.40 Å². The summed E-state index contributed by atoms with van der Waals surface area (Å²) in [5, 5.41) is 6.73. The minimum Gasteiger partial charge on any atom is -0.361 e. The average molecular weight is 345 g/mol. The molecule has 24 heavy (non-hydrogen) atoms. The summed E-state index contributed by atoms with van der Waals surface area (Å²) >= 11 is 0. The largest absolute Gasteiger partial charge is 0.361 e. The van der Waals surface area contributed by atoms with Crippen LogP contribution in [0, 0.1) is 13.8 Å². The smallest absolute Gasteiger partial charge is 0.275 e. The number of benzene rings is 1. The number of hydrogen-bond donors (Lipinski definition) is 1. The number of amides is 1. The number of rotatable bonds is 2. The van der Waals surface area contributed by atoms with Gasteiger partial charge in [-0.15, -0.1) is 0 Å². The quantitative estimate of drug-likeness (QED) is 0.906. The van der Waals surface area contributed by atoms with Crippen LogP contribution in [0.25, 0.3) is 11.1 Å². The number of aromatic nitrogens is 1. The molecule has 6 nitrogen and oxygen atoms in total. The Morgan fingerprint density at radius 2 is 1.96 bits per heavy atom. The fourth-order valence-corrected chi connectivity index (χ4v) is 3.14. The molecule has 0 radical (unpaired) electrons. The Hall–Kier alpha value is -2.28. The zero-order valence-corrected chi connectivity index (χ0v) is 15.1. The molecule has 2 heterocycles. The molecule has 1 N–H and O–H groups in total. The summed E-state index contributed by atoms with van der Waals surface area (Å²) in [7, 11) is -1.51. The number of carbonyl (C=O) groups is 1. The molecular formula is C17H19N3O3S. The first kappa shape index (κ1) is 16.6. The second-order valence-corrected chi connectivity index (χ2v) is 8.62. The van der Waals surface area contributed by atoms with Crippen molar-refractivity contribution in [3.05, 3.63) is 35.2 Å². The molecule has 0 saturated carbocycles. The Morgan fingerprint density at radius 1 is 1.25 bits per heavy atom. The van der Waals surface area contributed by atoms with E-state index in [0.717, 1.165) is 16.8 Å². The van der Waals surface area contributed by atoms with E-state index in [1.807, 2.05) is 52.8 Å². The fourth-order valence-electron chi connectivity index (χ4n) is 2.51. The van der Waals surface area contributed by atoms with Crippen LogP contribution in [0.4, 0.5) is 5.69 Å². The first-order valence-electron chi connectivity index (χ1n) is 7.58. The summed E-state index contributed by atoms with van der Waals surface area (Å²) in [5.41, 5.74) is 4.08. The summed E-state index contributed by atoms with van der Waals surface area (Å²) in [6.45, 7) is 9.17. The maximum absolute atomic E-state index is 12.3. The van der Waals surface area contributed by atoms with Crippen molar-refractivity contribution in [3.8, 4) is 11.1 Å². The summed E-state index contributed by atoms with van der Waals surface area (Å²) in [4.78, 5) is 12.2. The second kappa shape index (κ2) is 5.66. The van der Waals surface area contributed by atoms with Crippen molar-refractivity contribution in [1.29, 1.82) is 0 Å². The van der Waals surface area contributed by atoms with Gasteiger partial charge in [-0.1, -0.05) is 11.2 Å². The fraction of sp³-hybridized carbons (Fsp3) is 0.353. The van der Waals surface area contributed by atoms with Crippen molar-refractivity contribution in [1.82, 2.24) is 5.16 Å². The summed E-state index contributed by atoms with van der Waals surface area (Å²) in [5.74, 6) is 0.375. The van der Waals surface area contributed by atoms with Gasteiger partial charge in [0.05, 0.1) is 16.1 Å². The lowest BCUT2D eigenvalue weighted by atomic mass is 10.00. The molecule has 0 saturated heterocycles. The minimum atomic E-state index is -1.51. The highest BCUT2D eigenvalue weighted by molar-refractivity contribution is 7.85. The van der Waals surface area contributed by atoms with Crippen LogP contribution in [0.1, 0.15) is 37.8 Å². The first-order chi connectivity index (χ1) is 11.2. The van der Waals surface area contributed by atoms with Gasteiger partial charge in [0.15, 0.2) is 0 Å². The van der Waals surface area contributed by atoms with Crippen molar-refractivity contribution >= 4 is 28.3 Å². The number of hydrogen-bond acceptors (Lipinski definition) is 4. The van der Waals surface area contributed by atoms with E-state index in [2.05, 4.69) is 14.9 Å². The number of anilines is 1. The molecule has 0 fully saturated rings. The second-order valence-electron chi connectivity index (χ2n) is 6.72. The van der Waals surface area contributed by atoms with Crippen LogP contribution in [0.5, 0.6) is 0 Å². The van der Waals surface area contributed by atoms with Gasteiger partial charge in [0.2, 0.25) is 0 Å². The molecule has 1 aromatic carbocycles. The van der Waals surface area contributed by atoms with E-state index >= 15 is 0 Å². The maximum Gasteiger partial charge on any atom is 0.275 e. The van der Waals surface area contributed by atoms with Gasteiger partial charge < -0.3 is 9.84 Å². The van der Waals surface area contributed by atoms with Gasteiger partial charge in [0.25, 0.3) is 5.91 Å². The van der Waals surface area contributed by atoms with Gasteiger partial charge in [0, 0.05) is 11.1 Å². The van der Waals surface area contributed by atoms with Crippen molar-refractivity contribution in [2.24, 2.45) is 4.40 Å². The van der Waals surface area contributed by atoms with Crippen LogP contribution in [-0.2, 0) is 15.8 Å². The number of fused-ring (bicyclic) bond motifs is 1. The molecule has 2 aromatic rings. The van der Waals surface area contributed by atoms with E-state index in [9.17, 15) is 9.00 Å². The lowest BCUT2D eigenvalue weighted by Gasteiger charge is -2.13. The summed E-state index contributed by atoms with van der Waals surface area (Å²) in [6.07, 6.45) is 0. The third kappa shape index (κ3) is 2.80. The van der Waals surface area contributed by atoms with E-state index in [-0.39, 0.29) is 11.6 Å². The average Bonchev–Trinajstić information content (AvgIpc) is 2.98. The highest BCUT2D eigenvalue weighted by Gasteiger charge is 2.30. The Kier molecular flexibility index (Phi) is 3.91. The predicted molar refractivity (Wildman–Crippen MR) is 94.5 cm³/mol. The molecule has 3 rings (SSSR count). The SMILES string of the molecule is Cc1noc(C)c1-c1ccc2c(c1)/C(=N/S(=O)C(C)(C)C)C(=O)N2. The normalized spacial score (nSPS) is 17.0. The third-order valence-electron chi connectivity index (χ3n) is 3.76. The number of nitrogens with one attached hydrogen (secondary N) is 1. The van der Waals surface area contributed by atoms with Crippen LogP contribution in [-0.4, -0.2) is 25.7 Å². The number of nitrogens with zero attached hydrogens (tertiary/aromatic N) is 2. The monoisotopic (exact) mass is 345 g/mol. The molecule has 0 bridgehead atoms. The molecule has 0 spiro atoms. The Balaban J connectivity index is 2.11. The van der Waals surface area contributed by atoms with Crippen LogP contribution in [0.2, 0.25) is 0 Å². The molecule has 126 valence electrons. The highest BCUT2D eigenvalue weighted by atomic mass is 32.2. The molecule has 1 aromatic heterocycles. The number of aryl methyl sites for hydroxylation is 2. The van der Waals surface area contributed by atoms with E-state index in [1.54, 1.807) is 0 Å². The Bertz CT molecular complexity index is 871. The molecule has 1 unspecified atom stereocenters. The maximum atomic E-state index is 12.3. The molecule has 1 atom stereocenters. The van der Waals surface area contributed by atoms with E-state index in [0.29, 0.717) is 17.0 Å². The van der Waals surface area contributed by atoms with Gasteiger partial charge in [-0.3, -0.25) is 4.79 Å². The molecule has 1 aliphatic heterocycles. The van der Waals surface area contributed by atoms with Crippen LogP contribution >= 0.6 is 0 Å². The van der Waals surface area contributed by atoms with E-state index < -0.39 is 15.7 Å². The van der Waals surface area contributed by atoms with Gasteiger partial charge in [-0.05, 0) is 52.3 Å². The Labute approximate surface area is 142 Å². The Morgan fingerprint density at radius 3 is 2.54 bits per heavy atom. The lowest BCUT2D eigenvalue weighted by molar-refractivity contribution is -0.110. The van der Waals surface area contributed by atoms with Crippen molar-refractivity contribution in [2.75, 3.05) is 5.32 Å². The number of carbonyl (C=O) groups excluding carboxylic acids is 1. The zero-order valence-electron chi connectivity index (χ0n) is 14.3. The molecule has 7 heteroatoms. The summed E-state index contributed by atoms with van der Waals surface area (Å²) < 4.78 is 21.2. The highest BCUT2D eigenvalue weighted by Crippen LogP contribution is 2.33. The van der Waals surface area contributed by atoms with Gasteiger partial charge in [0.1, 0.15) is 22.5 Å². The predicted octanol–water partition coefficient (Wildman–Crippen LogP) is 3.16. The van der Waals surface area contributed by atoms with Crippen molar-refractivity contribution < 1.29 is 13.5 Å². The first-order valence-corrected chi connectivity index (χ1v) is 8.69. The molecule has 1 amide bonds. The van der Waals surface area contributed by atoms with Crippen LogP contribution < -0.4 is 5.32 Å². The third-order valence-corrected chi connectivity index (χ3v) is 5.15. The van der Waals surface area contributed by atoms with E-state index in [4.69, 9.17) is 4.52 Å². The standard InChI is InChI=1S/C17H19N3O3S/c1-9-14(10(2)23-19-9)11-6-7-13-12(8-11)15(16(21)18-13)20-24(22)17(3,4)5/h6-8H,1-5H3,(H,18,20,21). The van der Waals surface area contributed by atoms with Crippen molar-refractivity contribution in [3.63, 3.8) is 0 Å². The van der Waals surface area contributed by atoms with Crippen molar-refractivity contribution in [2.45, 2.75) is 39.4 Å². The molecule has 1 aliphatic rings. The van der Waals surface area contributed by atoms with Gasteiger partial charge >= 0.3 is 0 Å². The van der Waals surface area contributed by atoms with Crippen LogP contribution in [0.3, 0.4) is 0 Å². The summed E-state index contributed by atoms with van der Waals surface area (Å²) in [6, 6.07) is 5.57. The lowest BCUT2D eigenvalue weighted by Crippen LogP contribution is -2.23. The zero-order chi connectivity index (χ0) is 17.6. The minimum absolute atomic E-state index is 0.201. The topological polar surface area (TPSA) is 84.6 Å².